The Balaban J connectivity index is 1.84. The predicted molar refractivity (Wildman–Crippen MR) is 94.0 cm³/mol. The fraction of sp³-hybridized carbons (Fsp3) is 0.111. The average molecular weight is 374 g/mol. The van der Waals surface area contributed by atoms with Crippen LogP contribution in [0.15, 0.2) is 65.1 Å². The summed E-state index contributed by atoms with van der Waals surface area (Å²) in [7, 11) is 1.64. The van der Waals surface area contributed by atoms with Gasteiger partial charge < -0.3 is 9.64 Å². The molecule has 0 saturated heterocycles. The summed E-state index contributed by atoms with van der Waals surface area (Å²) in [6.07, 6.45) is 2.94. The number of benzene rings is 2. The number of halogens is 1. The number of para-hydroxylation sites is 1. The molecule has 0 unspecified atom stereocenters. The fourth-order valence-corrected chi connectivity index (χ4v) is 2.08. The van der Waals surface area contributed by atoms with Crippen LogP contribution in [0.4, 0.5) is 5.69 Å². The number of carbonyl (C=O) groups excluding carboxylic acids is 2. The van der Waals surface area contributed by atoms with Gasteiger partial charge in [0.1, 0.15) is 0 Å². The highest BCUT2D eigenvalue weighted by Gasteiger charge is 2.12. The standard InChI is InChI=1S/C18H16BrNO3/c1-20(16-5-3-2-4-6-16)17(21)13-23-18(22)12-9-14-7-10-15(19)11-8-14/h2-12H,13H2,1H3/b12-9+. The van der Waals surface area contributed by atoms with Crippen molar-refractivity contribution in [3.63, 3.8) is 0 Å². The normalized spacial score (nSPS) is 10.5. The topological polar surface area (TPSA) is 46.6 Å². The molecule has 0 aliphatic heterocycles. The quantitative estimate of drug-likeness (QED) is 0.593. The summed E-state index contributed by atoms with van der Waals surface area (Å²) in [5, 5.41) is 0. The monoisotopic (exact) mass is 373 g/mol. The molecule has 0 spiro atoms. The summed E-state index contributed by atoms with van der Waals surface area (Å²) < 4.78 is 5.93. The number of likely N-dealkylation sites (N-methyl/N-ethyl adjacent to an activating group) is 1. The van der Waals surface area contributed by atoms with E-state index in [1.807, 2.05) is 54.6 Å². The number of amides is 1. The Hall–Kier alpha value is -2.40. The van der Waals surface area contributed by atoms with Crippen molar-refractivity contribution in [3.8, 4) is 0 Å². The molecule has 2 aromatic rings. The number of nitrogens with zero attached hydrogens (tertiary/aromatic N) is 1. The van der Waals surface area contributed by atoms with Crippen LogP contribution < -0.4 is 4.90 Å². The number of ether oxygens (including phenoxy) is 1. The Morgan fingerprint density at radius 1 is 1.09 bits per heavy atom. The molecule has 0 radical (unpaired) electrons. The molecule has 2 rings (SSSR count). The minimum absolute atomic E-state index is 0.290. The van der Waals surface area contributed by atoms with Gasteiger partial charge in [-0.3, -0.25) is 4.79 Å². The molecular formula is C18H16BrNO3. The molecule has 118 valence electrons. The molecule has 2 aromatic carbocycles. The van der Waals surface area contributed by atoms with Gasteiger partial charge in [-0.2, -0.15) is 0 Å². The first kappa shape index (κ1) is 17.0. The van der Waals surface area contributed by atoms with Crippen molar-refractivity contribution in [2.24, 2.45) is 0 Å². The highest BCUT2D eigenvalue weighted by Crippen LogP contribution is 2.12. The van der Waals surface area contributed by atoms with Crippen LogP contribution in [0.25, 0.3) is 6.08 Å². The summed E-state index contributed by atoms with van der Waals surface area (Å²) in [6, 6.07) is 16.7. The van der Waals surface area contributed by atoms with Crippen molar-refractivity contribution in [3.05, 3.63) is 70.7 Å². The van der Waals surface area contributed by atoms with E-state index in [-0.39, 0.29) is 12.5 Å². The third-order valence-corrected chi connectivity index (χ3v) is 3.67. The Labute approximate surface area is 143 Å². The molecule has 0 fully saturated rings. The average Bonchev–Trinajstić information content (AvgIpc) is 2.59. The summed E-state index contributed by atoms with van der Waals surface area (Å²) in [5.74, 6) is -0.843. The highest BCUT2D eigenvalue weighted by molar-refractivity contribution is 9.10. The van der Waals surface area contributed by atoms with E-state index in [1.54, 1.807) is 13.1 Å². The first-order valence-corrected chi connectivity index (χ1v) is 7.77. The Bertz CT molecular complexity index is 696. The van der Waals surface area contributed by atoms with E-state index in [1.165, 1.54) is 11.0 Å². The third-order valence-electron chi connectivity index (χ3n) is 3.14. The Morgan fingerprint density at radius 2 is 1.74 bits per heavy atom. The van der Waals surface area contributed by atoms with Crippen LogP contribution in [0.3, 0.4) is 0 Å². The van der Waals surface area contributed by atoms with Crippen molar-refractivity contribution in [1.82, 2.24) is 0 Å². The van der Waals surface area contributed by atoms with Gasteiger partial charge in [-0.25, -0.2) is 4.79 Å². The van der Waals surface area contributed by atoms with E-state index in [2.05, 4.69) is 15.9 Å². The van der Waals surface area contributed by atoms with Gasteiger partial charge >= 0.3 is 5.97 Å². The van der Waals surface area contributed by atoms with Crippen molar-refractivity contribution in [2.45, 2.75) is 0 Å². The van der Waals surface area contributed by atoms with E-state index in [0.717, 1.165) is 15.7 Å². The second-order valence-electron chi connectivity index (χ2n) is 4.78. The van der Waals surface area contributed by atoms with Gasteiger partial charge in [-0.15, -0.1) is 0 Å². The molecular weight excluding hydrogens is 358 g/mol. The fourth-order valence-electron chi connectivity index (χ4n) is 1.81. The van der Waals surface area contributed by atoms with E-state index in [4.69, 9.17) is 4.74 Å². The number of carbonyl (C=O) groups is 2. The van der Waals surface area contributed by atoms with Crippen LogP contribution in [-0.2, 0) is 14.3 Å². The van der Waals surface area contributed by atoms with Gasteiger partial charge in [0.15, 0.2) is 6.61 Å². The second-order valence-corrected chi connectivity index (χ2v) is 5.70. The van der Waals surface area contributed by atoms with Gasteiger partial charge in [0.05, 0.1) is 0 Å². The maximum atomic E-state index is 12.0. The maximum absolute atomic E-state index is 12.0. The van der Waals surface area contributed by atoms with Gasteiger partial charge in [0, 0.05) is 23.3 Å². The summed E-state index contributed by atoms with van der Waals surface area (Å²) in [6.45, 7) is -0.297. The smallest absolute Gasteiger partial charge is 0.331 e. The Morgan fingerprint density at radius 3 is 2.39 bits per heavy atom. The minimum atomic E-state index is -0.553. The Kier molecular flexibility index (Phi) is 6.11. The number of esters is 1. The van der Waals surface area contributed by atoms with Crippen molar-refractivity contribution in [2.75, 3.05) is 18.6 Å². The van der Waals surface area contributed by atoms with E-state index < -0.39 is 5.97 Å². The van der Waals surface area contributed by atoms with Crippen LogP contribution in [0.1, 0.15) is 5.56 Å². The van der Waals surface area contributed by atoms with E-state index in [9.17, 15) is 9.59 Å². The van der Waals surface area contributed by atoms with Crippen LogP contribution in [-0.4, -0.2) is 25.5 Å². The first-order chi connectivity index (χ1) is 11.1. The van der Waals surface area contributed by atoms with Crippen molar-refractivity contribution < 1.29 is 14.3 Å². The van der Waals surface area contributed by atoms with Gasteiger partial charge in [0.25, 0.3) is 5.91 Å². The minimum Gasteiger partial charge on any atom is -0.452 e. The van der Waals surface area contributed by atoms with Crippen molar-refractivity contribution >= 4 is 39.6 Å². The molecule has 0 aliphatic rings. The molecule has 0 aromatic heterocycles. The molecule has 0 N–H and O–H groups in total. The zero-order chi connectivity index (χ0) is 16.7. The zero-order valence-corrected chi connectivity index (χ0v) is 14.2. The lowest BCUT2D eigenvalue weighted by Gasteiger charge is -2.16. The molecule has 0 bridgehead atoms. The molecule has 1 amide bonds. The second kappa shape index (κ2) is 8.29. The number of hydrogen-bond donors (Lipinski definition) is 0. The lowest BCUT2D eigenvalue weighted by atomic mass is 10.2. The summed E-state index contributed by atoms with van der Waals surface area (Å²) in [4.78, 5) is 25.1. The van der Waals surface area contributed by atoms with E-state index in [0.29, 0.717) is 0 Å². The highest BCUT2D eigenvalue weighted by atomic mass is 79.9. The number of anilines is 1. The molecule has 0 heterocycles. The van der Waals surface area contributed by atoms with Crippen LogP contribution in [0, 0.1) is 0 Å². The lowest BCUT2D eigenvalue weighted by molar-refractivity contribution is -0.142. The van der Waals surface area contributed by atoms with Gasteiger partial charge in [-0.05, 0) is 35.9 Å². The molecule has 0 aliphatic carbocycles. The van der Waals surface area contributed by atoms with E-state index >= 15 is 0 Å². The molecule has 5 heteroatoms. The van der Waals surface area contributed by atoms with Crippen LogP contribution in [0.2, 0.25) is 0 Å². The summed E-state index contributed by atoms with van der Waals surface area (Å²) >= 11 is 3.34. The van der Waals surface area contributed by atoms with Crippen molar-refractivity contribution in [1.29, 1.82) is 0 Å². The third kappa shape index (κ3) is 5.38. The first-order valence-electron chi connectivity index (χ1n) is 6.98. The van der Waals surface area contributed by atoms with Crippen LogP contribution >= 0.6 is 15.9 Å². The largest absolute Gasteiger partial charge is 0.452 e. The SMILES string of the molecule is CN(C(=O)COC(=O)/C=C/c1ccc(Br)cc1)c1ccccc1. The molecule has 0 saturated carbocycles. The van der Waals surface area contributed by atoms with Gasteiger partial charge in [-0.1, -0.05) is 46.3 Å². The zero-order valence-electron chi connectivity index (χ0n) is 12.6. The van der Waals surface area contributed by atoms with Crippen LogP contribution in [0.5, 0.6) is 0 Å². The molecule has 4 nitrogen and oxygen atoms in total. The predicted octanol–water partition coefficient (Wildman–Crippen LogP) is 3.67. The maximum Gasteiger partial charge on any atom is 0.331 e. The molecule has 0 atom stereocenters. The van der Waals surface area contributed by atoms with Gasteiger partial charge in [0.2, 0.25) is 0 Å². The lowest BCUT2D eigenvalue weighted by Crippen LogP contribution is -2.30. The molecule has 23 heavy (non-hydrogen) atoms. The number of rotatable bonds is 5. The summed E-state index contributed by atoms with van der Waals surface area (Å²) in [5.41, 5.74) is 1.62. The number of hydrogen-bond acceptors (Lipinski definition) is 3.